The van der Waals surface area contributed by atoms with E-state index in [1.165, 1.54) is 17.5 Å². The molecule has 0 aliphatic rings. The number of benzene rings is 6. The van der Waals surface area contributed by atoms with Gasteiger partial charge >= 0.3 is 0 Å². The van der Waals surface area contributed by atoms with E-state index >= 15 is 0 Å². The Labute approximate surface area is 334 Å². The normalized spacial score (nSPS) is 12.5. The van der Waals surface area contributed by atoms with Crippen molar-refractivity contribution in [1.29, 1.82) is 0 Å². The topological polar surface area (TPSA) is 80.9 Å². The molecule has 0 fully saturated rings. The summed E-state index contributed by atoms with van der Waals surface area (Å²) in [5.74, 6) is 0.394. The van der Waals surface area contributed by atoms with Gasteiger partial charge in [-0.25, -0.2) is 0 Å². The molecule has 0 radical (unpaired) electrons. The van der Waals surface area contributed by atoms with Gasteiger partial charge in [0.25, 0.3) is 0 Å². The van der Waals surface area contributed by atoms with E-state index < -0.39 is 5.92 Å². The molecule has 2 unspecified atom stereocenters. The third kappa shape index (κ3) is 8.35. The van der Waals surface area contributed by atoms with Gasteiger partial charge in [-0.05, 0) is 181 Å². The molecule has 0 saturated heterocycles. The molecule has 4 nitrogen and oxygen atoms in total. The molecule has 6 rings (SSSR count). The average Bonchev–Trinajstić information content (AvgIpc) is 3.19. The van der Waals surface area contributed by atoms with Gasteiger partial charge in [0.05, 0.1) is 0 Å². The highest BCUT2D eigenvalue weighted by Crippen LogP contribution is 2.47. The second-order valence-electron chi connectivity index (χ2n) is 16.0. The highest BCUT2D eigenvalue weighted by molar-refractivity contribution is 5.75. The van der Waals surface area contributed by atoms with Crippen molar-refractivity contribution in [3.8, 4) is 45.3 Å². The van der Waals surface area contributed by atoms with Crippen molar-refractivity contribution < 1.29 is 20.4 Å². The summed E-state index contributed by atoms with van der Waals surface area (Å²) in [6.07, 6.45) is 6.60. The molecule has 290 valence electrons. The Morgan fingerprint density at radius 3 is 1.12 bits per heavy atom. The van der Waals surface area contributed by atoms with E-state index in [2.05, 4.69) is 81.4 Å². The molecular weight excluding hydrogens is 689 g/mol. The zero-order valence-electron chi connectivity index (χ0n) is 34.4. The summed E-state index contributed by atoms with van der Waals surface area (Å²) >= 11 is 0. The van der Waals surface area contributed by atoms with Gasteiger partial charge in [-0.15, -0.1) is 0 Å². The minimum atomic E-state index is -0.505. The van der Waals surface area contributed by atoms with Crippen LogP contribution in [-0.2, 0) is 12.8 Å². The second-order valence-corrected chi connectivity index (χ2v) is 16.0. The van der Waals surface area contributed by atoms with Crippen LogP contribution in [-0.4, -0.2) is 20.4 Å². The maximum atomic E-state index is 12.0. The molecule has 0 heterocycles. The fourth-order valence-electron chi connectivity index (χ4n) is 8.13. The summed E-state index contributed by atoms with van der Waals surface area (Å²) in [7, 11) is 0. The molecule has 0 aliphatic heterocycles. The first kappa shape index (κ1) is 40.2. The molecule has 6 aromatic rings. The summed E-state index contributed by atoms with van der Waals surface area (Å²) in [6.45, 7) is 16.1. The van der Waals surface area contributed by atoms with Crippen LogP contribution in [0.1, 0.15) is 125 Å². The predicted octanol–water partition coefficient (Wildman–Crippen LogP) is 13.4. The molecule has 0 amide bonds. The van der Waals surface area contributed by atoms with Gasteiger partial charge in [-0.1, -0.05) is 82.1 Å². The van der Waals surface area contributed by atoms with E-state index in [9.17, 15) is 20.4 Å². The summed E-state index contributed by atoms with van der Waals surface area (Å²) in [5.41, 5.74) is 14.5. The predicted molar refractivity (Wildman–Crippen MR) is 233 cm³/mol. The molecule has 4 N–H and O–H groups in total. The minimum Gasteiger partial charge on any atom is -0.507 e. The highest BCUT2D eigenvalue weighted by atomic mass is 16.3. The average molecular weight is 747 g/mol. The van der Waals surface area contributed by atoms with Crippen LogP contribution < -0.4 is 0 Å². The fourth-order valence-corrected chi connectivity index (χ4v) is 8.13. The zero-order chi connectivity index (χ0) is 40.3. The van der Waals surface area contributed by atoms with E-state index in [0.29, 0.717) is 16.9 Å². The van der Waals surface area contributed by atoms with Crippen molar-refractivity contribution in [2.24, 2.45) is 0 Å². The van der Waals surface area contributed by atoms with Crippen LogP contribution in [0.5, 0.6) is 23.0 Å². The molecule has 0 spiro atoms. The Balaban J connectivity index is 1.52. The Morgan fingerprint density at radius 1 is 0.411 bits per heavy atom. The van der Waals surface area contributed by atoms with Gasteiger partial charge < -0.3 is 20.4 Å². The maximum absolute atomic E-state index is 12.0. The van der Waals surface area contributed by atoms with E-state index in [1.54, 1.807) is 0 Å². The van der Waals surface area contributed by atoms with E-state index in [0.717, 1.165) is 98.9 Å². The van der Waals surface area contributed by atoms with Crippen molar-refractivity contribution >= 4 is 0 Å². The summed E-state index contributed by atoms with van der Waals surface area (Å²) in [6, 6.07) is 33.5. The fraction of sp³-hybridized carbons (Fsp3) is 0.308. The standard InChI is InChI=1S/C52H58O4/c1-9-11-13-37-15-19-39(20-16-37)36(8)45-28-42(25-33(5)50(45)54)44-27-35(7)52(56)47(30-44)48(40-21-17-38(18-22-40)14-12-10-2)46-29-43(26-34(6)51(46)55)41-23-31(3)49(53)32(4)24-41/h15-30,36,48,53-56H,9-14H2,1-8H3. The largest absolute Gasteiger partial charge is 0.507 e. The molecular formula is C52H58O4. The van der Waals surface area contributed by atoms with Crippen molar-refractivity contribution in [2.75, 3.05) is 0 Å². The van der Waals surface area contributed by atoms with Gasteiger partial charge in [0.1, 0.15) is 23.0 Å². The molecule has 0 aliphatic carbocycles. The minimum absolute atomic E-state index is 0.0413. The lowest BCUT2D eigenvalue weighted by Crippen LogP contribution is -2.07. The Morgan fingerprint density at radius 2 is 0.732 bits per heavy atom. The molecule has 0 aromatic heterocycles. The van der Waals surface area contributed by atoms with E-state index in [4.69, 9.17) is 0 Å². The highest BCUT2D eigenvalue weighted by Gasteiger charge is 2.27. The monoisotopic (exact) mass is 746 g/mol. The quantitative estimate of drug-likeness (QED) is 0.0887. The number of hydrogen-bond acceptors (Lipinski definition) is 4. The lowest BCUT2D eigenvalue weighted by Gasteiger charge is -2.25. The van der Waals surface area contributed by atoms with Gasteiger partial charge in [0.2, 0.25) is 0 Å². The Kier molecular flexibility index (Phi) is 12.3. The first-order valence-corrected chi connectivity index (χ1v) is 20.3. The van der Waals surface area contributed by atoms with Crippen LogP contribution in [0.15, 0.2) is 97.1 Å². The number of aromatic hydroxyl groups is 4. The summed E-state index contributed by atoms with van der Waals surface area (Å²) < 4.78 is 0. The van der Waals surface area contributed by atoms with Crippen LogP contribution in [0.4, 0.5) is 0 Å². The number of rotatable bonds is 13. The molecule has 0 bridgehead atoms. The molecule has 2 atom stereocenters. The van der Waals surface area contributed by atoms with Gasteiger partial charge in [0, 0.05) is 28.5 Å². The van der Waals surface area contributed by atoms with E-state index in [-0.39, 0.29) is 23.2 Å². The first-order chi connectivity index (χ1) is 26.8. The lowest BCUT2D eigenvalue weighted by molar-refractivity contribution is 0.454. The first-order valence-electron chi connectivity index (χ1n) is 20.3. The van der Waals surface area contributed by atoms with Crippen LogP contribution in [0, 0.1) is 34.6 Å². The van der Waals surface area contributed by atoms with Crippen molar-refractivity contribution in [2.45, 2.75) is 106 Å². The van der Waals surface area contributed by atoms with Crippen LogP contribution in [0.3, 0.4) is 0 Å². The molecule has 4 heteroatoms. The summed E-state index contributed by atoms with van der Waals surface area (Å²) in [5, 5.41) is 45.9. The van der Waals surface area contributed by atoms with Gasteiger partial charge in [-0.2, -0.15) is 0 Å². The third-order valence-electron chi connectivity index (χ3n) is 11.7. The van der Waals surface area contributed by atoms with Crippen LogP contribution >= 0.6 is 0 Å². The second kappa shape index (κ2) is 17.1. The SMILES string of the molecule is CCCCc1ccc(C(C)c2cc(-c3cc(C)c(O)c(C(c4ccc(CCCC)cc4)c4cc(-c5cc(C)c(O)c(C)c5)cc(C)c4O)c3)cc(C)c2O)cc1. The summed E-state index contributed by atoms with van der Waals surface area (Å²) in [4.78, 5) is 0. The number of aryl methyl sites for hydroxylation is 7. The smallest absolute Gasteiger partial charge is 0.122 e. The van der Waals surface area contributed by atoms with Crippen LogP contribution in [0.25, 0.3) is 22.3 Å². The maximum Gasteiger partial charge on any atom is 0.122 e. The number of phenols is 4. The molecule has 56 heavy (non-hydrogen) atoms. The molecule has 0 saturated carbocycles. The third-order valence-corrected chi connectivity index (χ3v) is 11.7. The lowest BCUT2D eigenvalue weighted by atomic mass is 9.80. The number of hydrogen-bond donors (Lipinski definition) is 4. The zero-order valence-corrected chi connectivity index (χ0v) is 34.4. The van der Waals surface area contributed by atoms with Crippen molar-refractivity contribution in [1.82, 2.24) is 0 Å². The van der Waals surface area contributed by atoms with E-state index in [1.807, 2.05) is 71.0 Å². The number of unbranched alkanes of at least 4 members (excludes halogenated alkanes) is 2. The van der Waals surface area contributed by atoms with Crippen molar-refractivity contribution in [3.63, 3.8) is 0 Å². The van der Waals surface area contributed by atoms with Gasteiger partial charge in [0.15, 0.2) is 0 Å². The Hall–Kier alpha value is -5.48. The number of phenolic OH excluding ortho intramolecular Hbond substituents is 4. The molecule has 6 aromatic carbocycles. The van der Waals surface area contributed by atoms with Crippen molar-refractivity contribution in [3.05, 3.63) is 164 Å². The van der Waals surface area contributed by atoms with Crippen LogP contribution in [0.2, 0.25) is 0 Å². The van der Waals surface area contributed by atoms with Gasteiger partial charge in [-0.3, -0.25) is 0 Å². The Bertz CT molecular complexity index is 2310.